The molecule has 1 rings (SSSR count). The lowest BCUT2D eigenvalue weighted by atomic mass is 10.2. The van der Waals surface area contributed by atoms with Crippen molar-refractivity contribution in [3.63, 3.8) is 0 Å². The number of ether oxygens (including phenoxy) is 1. The molecule has 2 N–H and O–H groups in total. The van der Waals surface area contributed by atoms with Gasteiger partial charge < -0.3 is 15.4 Å². The monoisotopic (exact) mass is 237 g/mol. The molecule has 1 aromatic rings. The maximum Gasteiger partial charge on any atom is 0.254 e. The van der Waals surface area contributed by atoms with Crippen LogP contribution in [0.2, 0.25) is 0 Å². The third kappa shape index (κ3) is 4.40. The Kier molecular flexibility index (Phi) is 6.03. The van der Waals surface area contributed by atoms with Crippen molar-refractivity contribution in [1.82, 2.24) is 10.3 Å². The SMILES string of the molecule is CCOCCCNC(=O)c1cnccc1NC. The van der Waals surface area contributed by atoms with Gasteiger partial charge in [0.05, 0.1) is 5.56 Å². The number of anilines is 1. The van der Waals surface area contributed by atoms with Gasteiger partial charge >= 0.3 is 0 Å². The van der Waals surface area contributed by atoms with Crippen LogP contribution in [0, 0.1) is 0 Å². The van der Waals surface area contributed by atoms with E-state index in [1.165, 1.54) is 0 Å². The summed E-state index contributed by atoms with van der Waals surface area (Å²) in [6, 6.07) is 1.77. The molecule has 5 heteroatoms. The van der Waals surface area contributed by atoms with Crippen molar-refractivity contribution in [2.24, 2.45) is 0 Å². The molecular formula is C12H19N3O2. The number of carbonyl (C=O) groups is 1. The van der Waals surface area contributed by atoms with Gasteiger partial charge in [0, 0.05) is 44.9 Å². The van der Waals surface area contributed by atoms with E-state index in [0.717, 1.165) is 12.1 Å². The number of hydrogen-bond acceptors (Lipinski definition) is 4. The lowest BCUT2D eigenvalue weighted by molar-refractivity contribution is 0.0944. The highest BCUT2D eigenvalue weighted by Gasteiger charge is 2.09. The van der Waals surface area contributed by atoms with Gasteiger partial charge in [0.2, 0.25) is 0 Å². The molecular weight excluding hydrogens is 218 g/mol. The second-order valence-corrected chi connectivity index (χ2v) is 3.48. The summed E-state index contributed by atoms with van der Waals surface area (Å²) in [6.45, 7) is 3.94. The zero-order valence-electron chi connectivity index (χ0n) is 10.3. The van der Waals surface area contributed by atoms with E-state index in [9.17, 15) is 4.79 Å². The molecule has 0 aliphatic heterocycles. The summed E-state index contributed by atoms with van der Waals surface area (Å²) in [6.07, 6.45) is 4.02. The van der Waals surface area contributed by atoms with Gasteiger partial charge in [-0.2, -0.15) is 0 Å². The number of carbonyl (C=O) groups excluding carboxylic acids is 1. The van der Waals surface area contributed by atoms with Crippen molar-refractivity contribution in [3.8, 4) is 0 Å². The molecule has 5 nitrogen and oxygen atoms in total. The van der Waals surface area contributed by atoms with E-state index in [4.69, 9.17) is 4.74 Å². The van der Waals surface area contributed by atoms with Gasteiger partial charge in [-0.05, 0) is 19.4 Å². The lowest BCUT2D eigenvalue weighted by Gasteiger charge is -2.08. The first-order valence-corrected chi connectivity index (χ1v) is 5.77. The molecule has 0 atom stereocenters. The van der Waals surface area contributed by atoms with Crippen LogP contribution in [0.5, 0.6) is 0 Å². The summed E-state index contributed by atoms with van der Waals surface area (Å²) < 4.78 is 5.19. The molecule has 1 amide bonds. The second-order valence-electron chi connectivity index (χ2n) is 3.48. The molecule has 17 heavy (non-hydrogen) atoms. The Morgan fingerprint density at radius 1 is 1.53 bits per heavy atom. The molecule has 0 aliphatic rings. The van der Waals surface area contributed by atoms with Gasteiger partial charge in [0.15, 0.2) is 0 Å². The van der Waals surface area contributed by atoms with E-state index in [1.54, 1.807) is 25.5 Å². The van der Waals surface area contributed by atoms with Crippen molar-refractivity contribution >= 4 is 11.6 Å². The number of nitrogens with one attached hydrogen (secondary N) is 2. The maximum atomic E-state index is 11.8. The van der Waals surface area contributed by atoms with Crippen molar-refractivity contribution in [2.75, 3.05) is 32.1 Å². The van der Waals surface area contributed by atoms with Crippen molar-refractivity contribution < 1.29 is 9.53 Å². The Balaban J connectivity index is 2.41. The van der Waals surface area contributed by atoms with Crippen molar-refractivity contribution in [1.29, 1.82) is 0 Å². The van der Waals surface area contributed by atoms with E-state index in [1.807, 2.05) is 6.92 Å². The summed E-state index contributed by atoms with van der Waals surface area (Å²) in [7, 11) is 1.78. The molecule has 0 saturated heterocycles. The molecule has 0 bridgehead atoms. The minimum atomic E-state index is -0.112. The molecule has 0 radical (unpaired) electrons. The van der Waals surface area contributed by atoms with Crippen LogP contribution in [-0.2, 0) is 4.74 Å². The van der Waals surface area contributed by atoms with E-state index in [-0.39, 0.29) is 5.91 Å². The summed E-state index contributed by atoms with van der Waals surface area (Å²) in [5.74, 6) is -0.112. The molecule has 0 aromatic carbocycles. The fourth-order valence-corrected chi connectivity index (χ4v) is 1.41. The fourth-order valence-electron chi connectivity index (χ4n) is 1.41. The zero-order valence-corrected chi connectivity index (χ0v) is 10.3. The second kappa shape index (κ2) is 7.62. The predicted octanol–water partition coefficient (Wildman–Crippen LogP) is 1.28. The number of nitrogens with zero attached hydrogens (tertiary/aromatic N) is 1. The Labute approximate surface area is 102 Å². The minimum Gasteiger partial charge on any atom is -0.387 e. The molecule has 94 valence electrons. The number of aromatic nitrogens is 1. The van der Waals surface area contributed by atoms with Crippen molar-refractivity contribution in [2.45, 2.75) is 13.3 Å². The molecule has 0 saturated carbocycles. The summed E-state index contributed by atoms with van der Waals surface area (Å²) in [5.41, 5.74) is 1.34. The number of amides is 1. The zero-order chi connectivity index (χ0) is 12.5. The van der Waals surface area contributed by atoms with Gasteiger partial charge in [-0.3, -0.25) is 9.78 Å². The first-order valence-electron chi connectivity index (χ1n) is 5.77. The van der Waals surface area contributed by atoms with E-state index >= 15 is 0 Å². The maximum absolute atomic E-state index is 11.8. The quantitative estimate of drug-likeness (QED) is 0.701. The van der Waals surface area contributed by atoms with E-state index < -0.39 is 0 Å². The Morgan fingerprint density at radius 3 is 3.06 bits per heavy atom. The van der Waals surface area contributed by atoms with Gasteiger partial charge in [-0.25, -0.2) is 0 Å². The van der Waals surface area contributed by atoms with Crippen LogP contribution in [0.3, 0.4) is 0 Å². The van der Waals surface area contributed by atoms with Gasteiger partial charge in [-0.15, -0.1) is 0 Å². The largest absolute Gasteiger partial charge is 0.387 e. The first-order chi connectivity index (χ1) is 8.29. The van der Waals surface area contributed by atoms with E-state index in [2.05, 4.69) is 15.6 Å². The van der Waals surface area contributed by atoms with Gasteiger partial charge in [-0.1, -0.05) is 0 Å². The van der Waals surface area contributed by atoms with Crippen LogP contribution in [-0.4, -0.2) is 37.7 Å². The highest BCUT2D eigenvalue weighted by Crippen LogP contribution is 2.11. The molecule has 0 aliphatic carbocycles. The average Bonchev–Trinajstić information content (AvgIpc) is 2.38. The standard InChI is InChI=1S/C12H19N3O2/c1-3-17-8-4-6-15-12(16)10-9-14-7-5-11(10)13-2/h5,7,9H,3-4,6,8H2,1-2H3,(H,13,14)(H,15,16). The predicted molar refractivity (Wildman–Crippen MR) is 67.2 cm³/mol. The third-order valence-corrected chi connectivity index (χ3v) is 2.29. The number of rotatable bonds is 7. The van der Waals surface area contributed by atoms with Crippen LogP contribution >= 0.6 is 0 Å². The average molecular weight is 237 g/mol. The number of pyridine rings is 1. The molecule has 0 fully saturated rings. The van der Waals surface area contributed by atoms with Gasteiger partial charge in [0.25, 0.3) is 5.91 Å². The first kappa shape index (κ1) is 13.4. The summed E-state index contributed by atoms with van der Waals surface area (Å²) in [5, 5.41) is 5.80. The van der Waals surface area contributed by atoms with Crippen LogP contribution in [0.1, 0.15) is 23.7 Å². The van der Waals surface area contributed by atoms with E-state index in [0.29, 0.717) is 25.3 Å². The topological polar surface area (TPSA) is 63.2 Å². The Morgan fingerprint density at radius 2 is 2.35 bits per heavy atom. The van der Waals surface area contributed by atoms with Crippen LogP contribution in [0.25, 0.3) is 0 Å². The number of hydrogen-bond donors (Lipinski definition) is 2. The molecule has 1 aromatic heterocycles. The molecule has 0 spiro atoms. The normalized spacial score (nSPS) is 10.0. The summed E-state index contributed by atoms with van der Waals surface area (Å²) >= 11 is 0. The van der Waals surface area contributed by atoms with Crippen LogP contribution in [0.4, 0.5) is 5.69 Å². The molecule has 1 heterocycles. The molecule has 0 unspecified atom stereocenters. The third-order valence-electron chi connectivity index (χ3n) is 2.29. The van der Waals surface area contributed by atoms with Crippen LogP contribution < -0.4 is 10.6 Å². The van der Waals surface area contributed by atoms with Crippen LogP contribution in [0.15, 0.2) is 18.5 Å². The van der Waals surface area contributed by atoms with Crippen molar-refractivity contribution in [3.05, 3.63) is 24.0 Å². The smallest absolute Gasteiger partial charge is 0.254 e. The highest BCUT2D eigenvalue weighted by atomic mass is 16.5. The minimum absolute atomic E-state index is 0.112. The fraction of sp³-hybridized carbons (Fsp3) is 0.500. The Bertz CT molecular complexity index is 355. The summed E-state index contributed by atoms with van der Waals surface area (Å²) in [4.78, 5) is 15.8. The lowest BCUT2D eigenvalue weighted by Crippen LogP contribution is -2.26. The highest BCUT2D eigenvalue weighted by molar-refractivity contribution is 5.99. The Hall–Kier alpha value is -1.62. The van der Waals surface area contributed by atoms with Gasteiger partial charge in [0.1, 0.15) is 0 Å².